The van der Waals surface area contributed by atoms with Gasteiger partial charge in [-0.25, -0.2) is 0 Å². The number of benzene rings is 2. The highest BCUT2D eigenvalue weighted by molar-refractivity contribution is 7.99. The highest BCUT2D eigenvalue weighted by Gasteiger charge is 2.13. The highest BCUT2D eigenvalue weighted by Crippen LogP contribution is 2.33. The minimum absolute atomic E-state index is 0. The first-order chi connectivity index (χ1) is 12.7. The molecule has 138 valence electrons. The van der Waals surface area contributed by atoms with Crippen LogP contribution in [-0.2, 0) is 6.54 Å². The topological polar surface area (TPSA) is 76.4 Å². The number of fused-ring (bicyclic) bond motifs is 1. The maximum atomic E-state index is 9.78. The fourth-order valence-corrected chi connectivity index (χ4v) is 3.88. The van der Waals surface area contributed by atoms with Crippen LogP contribution in [0, 0.1) is 0 Å². The molecule has 8 heteroatoms. The number of aromatic nitrogens is 3. The lowest BCUT2D eigenvalue weighted by atomic mass is 10.2. The van der Waals surface area contributed by atoms with E-state index < -0.39 is 0 Å². The van der Waals surface area contributed by atoms with E-state index in [2.05, 4.69) is 16.3 Å². The monoisotopic (exact) mass is 418 g/mol. The minimum atomic E-state index is 0. The third-order valence-electron chi connectivity index (χ3n) is 3.99. The predicted octanol–water partition coefficient (Wildman–Crippen LogP) is 4.79. The Hall–Kier alpha value is -2.25. The van der Waals surface area contributed by atoms with Gasteiger partial charge in [0.05, 0.1) is 5.02 Å². The second kappa shape index (κ2) is 8.19. The Morgan fingerprint density at radius 3 is 2.70 bits per heavy atom. The molecule has 0 saturated heterocycles. The average molecular weight is 419 g/mol. The third-order valence-corrected chi connectivity index (χ3v) is 5.41. The van der Waals surface area contributed by atoms with E-state index in [0.29, 0.717) is 28.6 Å². The molecule has 5 nitrogen and oxygen atoms in total. The number of aromatic hydroxyl groups is 1. The van der Waals surface area contributed by atoms with Gasteiger partial charge < -0.3 is 10.8 Å². The van der Waals surface area contributed by atoms with Gasteiger partial charge in [-0.05, 0) is 42.0 Å². The molecule has 0 aliphatic rings. The standard InChI is InChI=1S/C19H15ClN4OS.ClH/c20-16-7-5-13(25)9-15(16)19-23-22-18-8-6-14(11-24(18)19)26-17-4-2-1-3-12(17)10-21;/h1-9,11,25H,10,21H2;1H. The number of halogens is 2. The zero-order chi connectivity index (χ0) is 18.1. The average Bonchev–Trinajstić information content (AvgIpc) is 3.07. The van der Waals surface area contributed by atoms with E-state index in [1.165, 1.54) is 0 Å². The Morgan fingerprint density at radius 2 is 1.89 bits per heavy atom. The first-order valence-electron chi connectivity index (χ1n) is 7.95. The summed E-state index contributed by atoms with van der Waals surface area (Å²) in [5.74, 6) is 0.707. The van der Waals surface area contributed by atoms with Gasteiger partial charge in [-0.2, -0.15) is 0 Å². The van der Waals surface area contributed by atoms with Crippen molar-refractivity contribution in [1.29, 1.82) is 0 Å². The van der Waals surface area contributed by atoms with E-state index in [0.717, 1.165) is 15.4 Å². The van der Waals surface area contributed by atoms with E-state index in [-0.39, 0.29) is 18.2 Å². The molecule has 0 bridgehead atoms. The lowest BCUT2D eigenvalue weighted by molar-refractivity contribution is 0.475. The van der Waals surface area contributed by atoms with E-state index in [4.69, 9.17) is 17.3 Å². The molecule has 0 unspecified atom stereocenters. The highest BCUT2D eigenvalue weighted by atomic mass is 35.5. The van der Waals surface area contributed by atoms with Crippen LogP contribution in [0.5, 0.6) is 5.75 Å². The molecule has 2 heterocycles. The van der Waals surface area contributed by atoms with Crippen molar-refractivity contribution in [2.24, 2.45) is 5.73 Å². The van der Waals surface area contributed by atoms with Crippen LogP contribution in [0.4, 0.5) is 0 Å². The summed E-state index contributed by atoms with van der Waals surface area (Å²) in [5.41, 5.74) is 8.26. The smallest absolute Gasteiger partial charge is 0.170 e. The lowest BCUT2D eigenvalue weighted by Crippen LogP contribution is -1.97. The number of hydrogen-bond acceptors (Lipinski definition) is 5. The molecule has 3 N–H and O–H groups in total. The summed E-state index contributed by atoms with van der Waals surface area (Å²) < 4.78 is 1.87. The summed E-state index contributed by atoms with van der Waals surface area (Å²) in [4.78, 5) is 2.13. The van der Waals surface area contributed by atoms with Gasteiger partial charge in [0.15, 0.2) is 11.5 Å². The number of pyridine rings is 1. The molecule has 0 atom stereocenters. The van der Waals surface area contributed by atoms with Gasteiger partial charge in [-0.1, -0.05) is 41.6 Å². The fraction of sp³-hybridized carbons (Fsp3) is 0.0526. The van der Waals surface area contributed by atoms with Gasteiger partial charge in [0.25, 0.3) is 0 Å². The van der Waals surface area contributed by atoms with Crippen molar-refractivity contribution < 1.29 is 5.11 Å². The van der Waals surface area contributed by atoms with Crippen LogP contribution in [0.15, 0.2) is 70.6 Å². The summed E-state index contributed by atoms with van der Waals surface area (Å²) in [6.07, 6.45) is 1.96. The van der Waals surface area contributed by atoms with Gasteiger partial charge >= 0.3 is 0 Å². The van der Waals surface area contributed by atoms with Crippen molar-refractivity contribution in [2.75, 3.05) is 0 Å². The van der Waals surface area contributed by atoms with Crippen LogP contribution < -0.4 is 5.73 Å². The molecule has 4 aromatic rings. The molecule has 0 radical (unpaired) electrons. The maximum absolute atomic E-state index is 9.78. The summed E-state index contributed by atoms with van der Waals surface area (Å²) >= 11 is 7.92. The van der Waals surface area contributed by atoms with Gasteiger partial charge in [-0.3, -0.25) is 4.40 Å². The summed E-state index contributed by atoms with van der Waals surface area (Å²) in [6, 6.07) is 16.7. The zero-order valence-electron chi connectivity index (χ0n) is 14.0. The second-order valence-electron chi connectivity index (χ2n) is 5.69. The first kappa shape index (κ1) is 19.5. The van der Waals surface area contributed by atoms with Gasteiger partial charge in [0.1, 0.15) is 5.75 Å². The van der Waals surface area contributed by atoms with Crippen molar-refractivity contribution in [3.63, 3.8) is 0 Å². The number of phenolic OH excluding ortho intramolecular Hbond substituents is 1. The van der Waals surface area contributed by atoms with Gasteiger partial charge in [-0.15, -0.1) is 22.6 Å². The van der Waals surface area contributed by atoms with Crippen LogP contribution in [0.3, 0.4) is 0 Å². The molecule has 4 rings (SSSR count). The van der Waals surface area contributed by atoms with Crippen LogP contribution in [0.1, 0.15) is 5.56 Å². The molecule has 0 spiro atoms. The molecule has 2 aromatic carbocycles. The van der Waals surface area contributed by atoms with E-state index in [9.17, 15) is 5.11 Å². The maximum Gasteiger partial charge on any atom is 0.170 e. The Bertz CT molecular complexity index is 1100. The van der Waals surface area contributed by atoms with Crippen LogP contribution in [-0.4, -0.2) is 19.7 Å². The second-order valence-corrected chi connectivity index (χ2v) is 7.22. The summed E-state index contributed by atoms with van der Waals surface area (Å²) in [6.45, 7) is 0.488. The van der Waals surface area contributed by atoms with Crippen LogP contribution >= 0.6 is 35.8 Å². The number of nitrogens with zero attached hydrogens (tertiary/aromatic N) is 3. The number of rotatable bonds is 4. The Kier molecular flexibility index (Phi) is 5.92. The molecule has 0 aliphatic carbocycles. The minimum Gasteiger partial charge on any atom is -0.508 e. The summed E-state index contributed by atoms with van der Waals surface area (Å²) in [7, 11) is 0. The van der Waals surface area contributed by atoms with Crippen LogP contribution in [0.2, 0.25) is 5.02 Å². The molecular formula is C19H16Cl2N4OS. The Balaban J connectivity index is 0.00000210. The molecular weight excluding hydrogens is 403 g/mol. The molecule has 0 amide bonds. The first-order valence-corrected chi connectivity index (χ1v) is 9.14. The van der Waals surface area contributed by atoms with Crippen molar-refractivity contribution in [1.82, 2.24) is 14.6 Å². The molecule has 2 aromatic heterocycles. The molecule has 0 fully saturated rings. The Morgan fingerprint density at radius 1 is 1.07 bits per heavy atom. The third kappa shape index (κ3) is 3.89. The van der Waals surface area contributed by atoms with Crippen molar-refractivity contribution >= 4 is 41.4 Å². The van der Waals surface area contributed by atoms with Crippen molar-refractivity contribution in [3.8, 4) is 17.1 Å². The van der Waals surface area contributed by atoms with Crippen molar-refractivity contribution in [2.45, 2.75) is 16.3 Å². The Labute approximate surface area is 171 Å². The molecule has 0 aliphatic heterocycles. The quantitative estimate of drug-likeness (QED) is 0.498. The van der Waals surface area contributed by atoms with E-state index >= 15 is 0 Å². The number of phenols is 1. The van der Waals surface area contributed by atoms with Crippen molar-refractivity contribution in [3.05, 3.63) is 71.4 Å². The largest absolute Gasteiger partial charge is 0.508 e. The molecule has 27 heavy (non-hydrogen) atoms. The van der Waals surface area contributed by atoms with Gasteiger partial charge in [0, 0.05) is 28.1 Å². The molecule has 0 saturated carbocycles. The predicted molar refractivity (Wildman–Crippen MR) is 111 cm³/mol. The van der Waals surface area contributed by atoms with E-state index in [1.807, 2.05) is 40.9 Å². The SMILES string of the molecule is Cl.NCc1ccccc1Sc1ccc2nnc(-c3cc(O)ccc3Cl)n2c1. The van der Waals surface area contributed by atoms with E-state index in [1.54, 1.807) is 30.0 Å². The lowest BCUT2D eigenvalue weighted by Gasteiger charge is -2.08. The summed E-state index contributed by atoms with van der Waals surface area (Å²) in [5, 5.41) is 18.7. The number of nitrogens with two attached hydrogens (primary N) is 1. The fourth-order valence-electron chi connectivity index (χ4n) is 2.70. The zero-order valence-corrected chi connectivity index (χ0v) is 16.4. The van der Waals surface area contributed by atoms with Gasteiger partial charge in [0.2, 0.25) is 0 Å². The van der Waals surface area contributed by atoms with Crippen LogP contribution in [0.25, 0.3) is 17.0 Å². The number of hydrogen-bond donors (Lipinski definition) is 2. The normalized spacial score (nSPS) is 10.7.